The van der Waals surface area contributed by atoms with Gasteiger partial charge in [-0.05, 0) is 25.0 Å². The maximum absolute atomic E-state index is 11.7. The molecule has 0 spiro atoms. The van der Waals surface area contributed by atoms with Gasteiger partial charge in [-0.15, -0.1) is 0 Å². The van der Waals surface area contributed by atoms with Crippen LogP contribution in [0.1, 0.15) is 37.3 Å². The molecule has 2 N–H and O–H groups in total. The molecule has 0 aliphatic carbocycles. The van der Waals surface area contributed by atoms with Crippen LogP contribution >= 0.6 is 0 Å². The summed E-state index contributed by atoms with van der Waals surface area (Å²) in [5.41, 5.74) is 1.15. The summed E-state index contributed by atoms with van der Waals surface area (Å²) in [7, 11) is 0. The summed E-state index contributed by atoms with van der Waals surface area (Å²) in [5.74, 6) is -0.137. The number of hydrogen-bond acceptors (Lipinski definition) is 3. The Bertz CT molecular complexity index is 497. The second-order valence-electron chi connectivity index (χ2n) is 4.69. The summed E-state index contributed by atoms with van der Waals surface area (Å²) in [4.78, 5) is 15.9. The molecular formula is C14H18N2O2. The van der Waals surface area contributed by atoms with E-state index >= 15 is 0 Å². The minimum atomic E-state index is -1.32. The molecule has 0 saturated carbocycles. The Hall–Kier alpha value is -1.68. The highest BCUT2D eigenvalue weighted by Gasteiger charge is 2.34. The van der Waals surface area contributed by atoms with Crippen molar-refractivity contribution in [1.82, 2.24) is 5.32 Å². The number of carbonyl (C=O) groups is 1. The number of fused-ring (bicyclic) bond motifs is 1. The maximum Gasteiger partial charge on any atom is 0.222 e. The Morgan fingerprint density at radius 3 is 3.06 bits per heavy atom. The lowest BCUT2D eigenvalue weighted by molar-refractivity contribution is -0.129. The Kier molecular flexibility index (Phi) is 3.48. The number of rotatable bonds is 3. The first kappa shape index (κ1) is 12.8. The lowest BCUT2D eigenvalue weighted by Gasteiger charge is -2.32. The predicted octanol–water partition coefficient (Wildman–Crippen LogP) is 2.16. The van der Waals surface area contributed by atoms with Gasteiger partial charge in [-0.25, -0.2) is 0 Å². The van der Waals surface area contributed by atoms with Crippen molar-refractivity contribution in [3.63, 3.8) is 0 Å². The normalized spacial score (nSPS) is 21.5. The van der Waals surface area contributed by atoms with Crippen molar-refractivity contribution in [2.45, 2.75) is 38.8 Å². The van der Waals surface area contributed by atoms with Crippen LogP contribution in [-0.2, 0) is 10.5 Å². The molecule has 1 aliphatic rings. The lowest BCUT2D eigenvalue weighted by atomic mass is 9.94. The van der Waals surface area contributed by atoms with E-state index in [-0.39, 0.29) is 5.91 Å². The summed E-state index contributed by atoms with van der Waals surface area (Å²) in [5, 5.41) is 13.3. The van der Waals surface area contributed by atoms with Crippen LogP contribution in [0.3, 0.4) is 0 Å². The van der Waals surface area contributed by atoms with Crippen molar-refractivity contribution in [2.75, 3.05) is 0 Å². The lowest BCUT2D eigenvalue weighted by Crippen LogP contribution is -2.47. The van der Waals surface area contributed by atoms with Crippen LogP contribution in [0, 0.1) is 6.92 Å². The molecule has 0 fully saturated rings. The minimum absolute atomic E-state index is 0.137. The van der Waals surface area contributed by atoms with Crippen LogP contribution in [0.25, 0.3) is 0 Å². The Morgan fingerprint density at radius 2 is 2.33 bits per heavy atom. The fourth-order valence-electron chi connectivity index (χ4n) is 2.12. The van der Waals surface area contributed by atoms with E-state index in [0.717, 1.165) is 17.7 Å². The first-order valence-corrected chi connectivity index (χ1v) is 6.22. The third kappa shape index (κ3) is 2.43. The van der Waals surface area contributed by atoms with Gasteiger partial charge < -0.3 is 10.4 Å². The second kappa shape index (κ2) is 4.90. The van der Waals surface area contributed by atoms with Gasteiger partial charge in [-0.3, -0.25) is 9.79 Å². The zero-order chi connectivity index (χ0) is 13.2. The molecule has 1 amide bonds. The van der Waals surface area contributed by atoms with Gasteiger partial charge in [0.1, 0.15) is 0 Å². The molecule has 4 nitrogen and oxygen atoms in total. The van der Waals surface area contributed by atoms with Crippen LogP contribution < -0.4 is 5.32 Å². The van der Waals surface area contributed by atoms with Crippen molar-refractivity contribution in [1.29, 1.82) is 0 Å². The smallest absolute Gasteiger partial charge is 0.222 e. The van der Waals surface area contributed by atoms with Gasteiger partial charge in [0, 0.05) is 24.6 Å². The molecule has 1 aromatic carbocycles. The Morgan fingerprint density at radius 1 is 1.56 bits per heavy atom. The van der Waals surface area contributed by atoms with Crippen LogP contribution in [0.15, 0.2) is 23.2 Å². The van der Waals surface area contributed by atoms with Gasteiger partial charge in [0.2, 0.25) is 5.91 Å². The molecule has 1 atom stereocenters. The molecule has 0 radical (unpaired) electrons. The summed E-state index contributed by atoms with van der Waals surface area (Å²) in [6.45, 7) is 3.91. The number of benzene rings is 1. The fraction of sp³-hybridized carbons (Fsp3) is 0.429. The molecule has 1 aliphatic heterocycles. The largest absolute Gasteiger partial charge is 0.366 e. The number of amides is 1. The summed E-state index contributed by atoms with van der Waals surface area (Å²) >= 11 is 0. The molecule has 18 heavy (non-hydrogen) atoms. The molecule has 1 aromatic rings. The molecule has 1 heterocycles. The third-order valence-electron chi connectivity index (χ3n) is 3.04. The van der Waals surface area contributed by atoms with E-state index in [9.17, 15) is 9.90 Å². The summed E-state index contributed by atoms with van der Waals surface area (Å²) in [6, 6.07) is 5.64. The van der Waals surface area contributed by atoms with Crippen LogP contribution in [0.2, 0.25) is 0 Å². The molecular weight excluding hydrogens is 228 g/mol. The number of hydrogen-bond donors (Lipinski definition) is 2. The monoisotopic (exact) mass is 246 g/mol. The number of aliphatic imine (C=N–C) groups is 1. The van der Waals surface area contributed by atoms with Crippen LogP contribution in [-0.4, -0.2) is 17.2 Å². The van der Waals surface area contributed by atoms with Gasteiger partial charge >= 0.3 is 0 Å². The van der Waals surface area contributed by atoms with Gasteiger partial charge in [0.15, 0.2) is 5.72 Å². The van der Waals surface area contributed by atoms with Crippen LogP contribution in [0.5, 0.6) is 0 Å². The number of carbonyl (C=O) groups excluding carboxylic acids is 1. The van der Waals surface area contributed by atoms with E-state index in [1.165, 1.54) is 0 Å². The zero-order valence-electron chi connectivity index (χ0n) is 10.7. The highest BCUT2D eigenvalue weighted by Crippen LogP contribution is 2.34. The van der Waals surface area contributed by atoms with Gasteiger partial charge in [-0.2, -0.15) is 0 Å². The Labute approximate surface area is 107 Å². The fourth-order valence-corrected chi connectivity index (χ4v) is 2.12. The SMILES string of the molecule is CCCC(=O)NC1(O)CC=Nc2cc(C)ccc21. The molecule has 0 aromatic heterocycles. The topological polar surface area (TPSA) is 61.7 Å². The van der Waals surface area contributed by atoms with E-state index in [1.54, 1.807) is 6.21 Å². The minimum Gasteiger partial charge on any atom is -0.366 e. The quantitative estimate of drug-likeness (QED) is 0.803. The van der Waals surface area contributed by atoms with Crippen molar-refractivity contribution in [2.24, 2.45) is 4.99 Å². The van der Waals surface area contributed by atoms with E-state index in [0.29, 0.717) is 18.4 Å². The molecule has 1 unspecified atom stereocenters. The predicted molar refractivity (Wildman–Crippen MR) is 70.9 cm³/mol. The van der Waals surface area contributed by atoms with Crippen LogP contribution in [0.4, 0.5) is 5.69 Å². The number of nitrogens with one attached hydrogen (secondary N) is 1. The number of aryl methyl sites for hydroxylation is 1. The van der Waals surface area contributed by atoms with Gasteiger partial charge in [0.25, 0.3) is 0 Å². The van der Waals surface area contributed by atoms with E-state index in [2.05, 4.69) is 10.3 Å². The molecule has 0 bridgehead atoms. The maximum atomic E-state index is 11.7. The molecule has 0 saturated heterocycles. The molecule has 2 rings (SSSR count). The Balaban J connectivity index is 2.31. The molecule has 96 valence electrons. The average molecular weight is 246 g/mol. The van der Waals surface area contributed by atoms with Crippen molar-refractivity contribution >= 4 is 17.8 Å². The van der Waals surface area contributed by atoms with Crippen molar-refractivity contribution in [3.8, 4) is 0 Å². The van der Waals surface area contributed by atoms with E-state index in [1.807, 2.05) is 32.0 Å². The highest BCUT2D eigenvalue weighted by atomic mass is 16.3. The van der Waals surface area contributed by atoms with Gasteiger partial charge in [-0.1, -0.05) is 19.1 Å². The van der Waals surface area contributed by atoms with E-state index in [4.69, 9.17) is 0 Å². The first-order valence-electron chi connectivity index (χ1n) is 6.22. The third-order valence-corrected chi connectivity index (χ3v) is 3.04. The summed E-state index contributed by atoms with van der Waals surface area (Å²) < 4.78 is 0. The second-order valence-corrected chi connectivity index (χ2v) is 4.69. The number of aliphatic hydroxyl groups is 1. The first-order chi connectivity index (χ1) is 8.55. The summed E-state index contributed by atoms with van der Waals surface area (Å²) in [6.07, 6.45) is 3.13. The zero-order valence-corrected chi connectivity index (χ0v) is 10.7. The van der Waals surface area contributed by atoms with Gasteiger partial charge in [0.05, 0.1) is 5.69 Å². The van der Waals surface area contributed by atoms with Crippen molar-refractivity contribution in [3.05, 3.63) is 29.3 Å². The van der Waals surface area contributed by atoms with Crippen molar-refractivity contribution < 1.29 is 9.90 Å². The number of nitrogens with zero attached hydrogens (tertiary/aromatic N) is 1. The van der Waals surface area contributed by atoms with E-state index < -0.39 is 5.72 Å². The standard InChI is InChI=1S/C14H18N2O2/c1-3-4-13(17)16-14(18)7-8-15-12-9-10(2)5-6-11(12)14/h5-6,8-9,18H,3-4,7H2,1-2H3,(H,16,17). The molecule has 4 heteroatoms. The highest BCUT2D eigenvalue weighted by molar-refractivity contribution is 5.79. The average Bonchev–Trinajstić information content (AvgIpc) is 2.28.